The first-order valence-corrected chi connectivity index (χ1v) is 13.8. The number of carbonyl (C=O) groups is 2. The van der Waals surface area contributed by atoms with Crippen LogP contribution in [0.2, 0.25) is 0 Å². The second-order valence-corrected chi connectivity index (χ2v) is 12.6. The number of carboxylic acid groups (broad SMARTS) is 1. The van der Waals surface area contributed by atoms with Gasteiger partial charge in [0, 0.05) is 19.2 Å². The average Bonchev–Trinajstić information content (AvgIpc) is 3.30. The minimum Gasteiger partial charge on any atom is -0.542 e. The summed E-state index contributed by atoms with van der Waals surface area (Å²) in [4.78, 5) is 26.2. The third kappa shape index (κ3) is 7.37. The number of halogens is 6. The molecule has 1 fully saturated rings. The number of hydrogen-bond acceptors (Lipinski definition) is 5. The number of nitrogens with zero attached hydrogens (tertiary/aromatic N) is 2. The molecule has 2 aromatic heterocycles. The summed E-state index contributed by atoms with van der Waals surface area (Å²) in [5.74, 6) is -3.35. The highest BCUT2D eigenvalue weighted by atomic mass is 32.2. The van der Waals surface area contributed by atoms with Crippen LogP contribution in [-0.4, -0.2) is 54.2 Å². The molecule has 1 amide bonds. The molecule has 0 unspecified atom stereocenters. The number of amides is 1. The number of piperidine rings is 1. The number of benzene rings is 1. The van der Waals surface area contributed by atoms with Gasteiger partial charge in [0.1, 0.15) is 12.2 Å². The summed E-state index contributed by atoms with van der Waals surface area (Å²) in [6, 6.07) is 9.60. The summed E-state index contributed by atoms with van der Waals surface area (Å²) >= 11 is 0. The molecule has 41 heavy (non-hydrogen) atoms. The molecule has 3 aromatic rings. The summed E-state index contributed by atoms with van der Waals surface area (Å²) in [5, 5.41) is 8.78. The summed E-state index contributed by atoms with van der Waals surface area (Å²) in [7, 11) is -4.03. The third-order valence-corrected chi connectivity index (χ3v) is 9.63. The van der Waals surface area contributed by atoms with Crippen molar-refractivity contribution < 1.29 is 53.9 Å². The van der Waals surface area contributed by atoms with Gasteiger partial charge in [0.25, 0.3) is 5.65 Å². The fourth-order valence-electron chi connectivity index (χ4n) is 4.59. The molecule has 0 radical (unpaired) electrons. The molecule has 0 saturated carbocycles. The summed E-state index contributed by atoms with van der Waals surface area (Å²) in [6.45, 7) is 3.93. The van der Waals surface area contributed by atoms with Gasteiger partial charge < -0.3 is 14.8 Å². The van der Waals surface area contributed by atoms with Gasteiger partial charge in [-0.15, -0.1) is 0 Å². The van der Waals surface area contributed by atoms with Crippen LogP contribution in [0.3, 0.4) is 0 Å². The largest absolute Gasteiger partial charge is 0.542 e. The van der Waals surface area contributed by atoms with Crippen LogP contribution in [0.1, 0.15) is 37.9 Å². The van der Waals surface area contributed by atoms with E-state index in [1.165, 1.54) is 6.07 Å². The summed E-state index contributed by atoms with van der Waals surface area (Å²) < 4.78 is 98.1. The Kier molecular flexibility index (Phi) is 9.11. The van der Waals surface area contributed by atoms with E-state index in [9.17, 15) is 39.6 Å². The van der Waals surface area contributed by atoms with E-state index in [4.69, 9.17) is 9.90 Å². The van der Waals surface area contributed by atoms with Crippen molar-refractivity contribution in [2.75, 3.05) is 13.1 Å². The van der Waals surface area contributed by atoms with Gasteiger partial charge >= 0.3 is 12.4 Å². The van der Waals surface area contributed by atoms with Crippen molar-refractivity contribution in [2.45, 2.75) is 55.1 Å². The lowest BCUT2D eigenvalue weighted by atomic mass is 9.85. The number of aliphatic carboxylic acids is 1. The number of carboxylic acids is 1. The first-order chi connectivity index (χ1) is 18.8. The quantitative estimate of drug-likeness (QED) is 0.354. The number of rotatable bonds is 5. The van der Waals surface area contributed by atoms with Gasteiger partial charge in [-0.1, -0.05) is 12.1 Å². The molecule has 15 heteroatoms. The number of aromatic nitrogens is 2. The second kappa shape index (κ2) is 11.7. The number of carbonyl (C=O) groups excluding carboxylic acids is 2. The van der Waals surface area contributed by atoms with Crippen molar-refractivity contribution in [3.63, 3.8) is 0 Å². The second-order valence-electron chi connectivity index (χ2n) is 10.0. The molecule has 224 valence electrons. The van der Waals surface area contributed by atoms with Gasteiger partial charge in [-0.3, -0.25) is 4.79 Å². The average molecular weight is 608 g/mol. The number of H-pyrrole nitrogens is 1. The Morgan fingerprint density at radius 2 is 1.63 bits per heavy atom. The zero-order chi connectivity index (χ0) is 30.8. The molecule has 0 spiro atoms. The van der Waals surface area contributed by atoms with Crippen LogP contribution < -0.4 is 9.51 Å². The molecule has 0 aliphatic carbocycles. The Hall–Kier alpha value is -3.62. The Balaban J connectivity index is 0.000000587. The van der Waals surface area contributed by atoms with Gasteiger partial charge in [0.15, 0.2) is 15.5 Å². The lowest BCUT2D eigenvalue weighted by Gasteiger charge is -2.40. The van der Waals surface area contributed by atoms with Crippen molar-refractivity contribution in [2.24, 2.45) is 5.92 Å². The van der Waals surface area contributed by atoms with Gasteiger partial charge in [-0.2, -0.15) is 26.3 Å². The molecular weight excluding hydrogens is 580 g/mol. The van der Waals surface area contributed by atoms with Crippen molar-refractivity contribution in [1.29, 1.82) is 0 Å². The molecular formula is C26H27F6N3O5S. The molecule has 1 N–H and O–H groups in total. The molecule has 1 saturated heterocycles. The normalized spacial score (nSPS) is 15.4. The predicted octanol–water partition coefficient (Wildman–Crippen LogP) is 3.10. The van der Waals surface area contributed by atoms with E-state index in [0.29, 0.717) is 32.0 Å². The predicted molar refractivity (Wildman–Crippen MR) is 131 cm³/mol. The number of imidazole rings is 1. The van der Waals surface area contributed by atoms with E-state index in [1.54, 1.807) is 18.7 Å². The fourth-order valence-corrected chi connectivity index (χ4v) is 6.41. The Bertz CT molecular complexity index is 1470. The maximum atomic E-state index is 13.3. The number of alkyl halides is 6. The highest BCUT2D eigenvalue weighted by Gasteiger charge is 2.45. The van der Waals surface area contributed by atoms with E-state index in [-0.39, 0.29) is 23.1 Å². The van der Waals surface area contributed by atoms with Gasteiger partial charge in [0.2, 0.25) is 5.91 Å². The Labute approximate surface area is 231 Å². The number of likely N-dealkylation sites (tertiary alicyclic amines) is 1. The van der Waals surface area contributed by atoms with Crippen LogP contribution in [-0.2, 0) is 32.0 Å². The topological polar surface area (TPSA) is 114 Å². The van der Waals surface area contributed by atoms with Crippen LogP contribution in [0, 0.1) is 5.92 Å². The van der Waals surface area contributed by atoms with E-state index < -0.39 is 38.5 Å². The minimum atomic E-state index is -5.19. The van der Waals surface area contributed by atoms with E-state index >= 15 is 0 Å². The van der Waals surface area contributed by atoms with Crippen LogP contribution >= 0.6 is 0 Å². The highest BCUT2D eigenvalue weighted by Crippen LogP contribution is 2.39. The number of fused-ring (bicyclic) bond motifs is 1. The zero-order valence-electron chi connectivity index (χ0n) is 21.9. The number of nitrogens with one attached hydrogen (secondary N) is 1. The monoisotopic (exact) mass is 607 g/mol. The maximum Gasteiger partial charge on any atom is 0.430 e. The lowest BCUT2D eigenvalue weighted by molar-refractivity contribution is -0.510. The zero-order valence-corrected chi connectivity index (χ0v) is 22.7. The van der Waals surface area contributed by atoms with E-state index in [1.807, 2.05) is 35.0 Å². The first-order valence-electron chi connectivity index (χ1n) is 12.3. The first kappa shape index (κ1) is 31.9. The number of sulfone groups is 1. The Morgan fingerprint density at radius 1 is 1.02 bits per heavy atom. The summed E-state index contributed by atoms with van der Waals surface area (Å²) in [6.07, 6.45) is -4.94. The summed E-state index contributed by atoms with van der Waals surface area (Å²) in [5.41, 5.74) is 0.677. The highest BCUT2D eigenvalue weighted by molar-refractivity contribution is 7.92. The molecule has 0 atom stereocenters. The molecule has 4 rings (SSSR count). The molecule has 1 aliphatic rings. The molecule has 8 nitrogen and oxygen atoms in total. The van der Waals surface area contributed by atoms with Crippen molar-refractivity contribution in [3.8, 4) is 0 Å². The third-order valence-electron chi connectivity index (χ3n) is 7.04. The molecule has 1 aliphatic heterocycles. The van der Waals surface area contributed by atoms with Gasteiger partial charge in [-0.05, 0) is 56.9 Å². The van der Waals surface area contributed by atoms with Crippen molar-refractivity contribution >= 4 is 27.4 Å². The number of hydrogen-bond donors (Lipinski definition) is 1. The van der Waals surface area contributed by atoms with Crippen LogP contribution in [0.5, 0.6) is 0 Å². The molecule has 1 aromatic carbocycles. The van der Waals surface area contributed by atoms with Crippen LogP contribution in [0.4, 0.5) is 26.3 Å². The van der Waals surface area contributed by atoms with Crippen LogP contribution in [0.25, 0.3) is 5.65 Å². The minimum absolute atomic E-state index is 0.0517. The van der Waals surface area contributed by atoms with Crippen molar-refractivity contribution in [1.82, 2.24) is 9.88 Å². The number of aromatic amines is 1. The van der Waals surface area contributed by atoms with Gasteiger partial charge in [-0.25, -0.2) is 17.8 Å². The van der Waals surface area contributed by atoms with E-state index in [2.05, 4.69) is 4.98 Å². The molecule has 0 bridgehead atoms. The van der Waals surface area contributed by atoms with Gasteiger partial charge in [0.05, 0.1) is 27.8 Å². The smallest absolute Gasteiger partial charge is 0.430 e. The van der Waals surface area contributed by atoms with Crippen molar-refractivity contribution in [3.05, 3.63) is 66.1 Å². The lowest BCUT2D eigenvalue weighted by Crippen LogP contribution is -2.48. The van der Waals surface area contributed by atoms with E-state index in [0.717, 1.165) is 23.5 Å². The maximum absolute atomic E-state index is 13.3. The fraction of sp³-hybridized carbons (Fsp3) is 0.423. The molecule has 3 heterocycles. The SMILES string of the molecule is CC(C)(C1CCN(C(=O)Cc2c[n+]3ccccc3[nH]2)CC1)S(=O)(=O)c1cccc(C(F)(F)F)c1.O=C([O-])C(F)(F)F. The van der Waals surface area contributed by atoms with Crippen LogP contribution in [0.15, 0.2) is 59.8 Å². The standard InChI is InChI=1S/C24H26F3N3O3S.C2HF3O2/c1-23(2,34(32,33)20-7-5-6-18(14-20)24(25,26)27)17-9-12-29(13-10-17)22(31)15-19-16-30-11-4-3-8-21(30)28-19;3-2(4,5)1(6)7/h3-8,11,14,16-17H,9-10,12-13,15H2,1-2H3;(H,6,7). The Morgan fingerprint density at radius 3 is 2.17 bits per heavy atom. The number of pyridine rings is 1.